The van der Waals surface area contributed by atoms with Gasteiger partial charge < -0.3 is 0 Å². The molecule has 0 amide bonds. The van der Waals surface area contributed by atoms with E-state index in [1.165, 1.54) is 44.1 Å². The second-order valence-corrected chi connectivity index (χ2v) is 7.82. The maximum Gasteiger partial charge on any atom is -0.0322 e. The lowest BCUT2D eigenvalue weighted by atomic mass is 9.62. The second kappa shape index (κ2) is 8.05. The Hall–Kier alpha value is -0.520. The third-order valence-electron chi connectivity index (χ3n) is 5.52. The highest BCUT2D eigenvalue weighted by Gasteiger charge is 2.36. The van der Waals surface area contributed by atoms with Crippen LogP contribution in [0.2, 0.25) is 0 Å². The Morgan fingerprint density at radius 2 is 2.05 bits per heavy atom. The zero-order valence-corrected chi connectivity index (χ0v) is 14.7. The predicted octanol–water partition coefficient (Wildman–Crippen LogP) is 6.78. The number of hydrogen-bond donors (Lipinski definition) is 0. The predicted molar refractivity (Wildman–Crippen MR) is 91.9 cm³/mol. The van der Waals surface area contributed by atoms with Crippen LogP contribution in [0.4, 0.5) is 0 Å². The molecule has 0 aromatic heterocycles. The van der Waals surface area contributed by atoms with Crippen molar-refractivity contribution in [3.8, 4) is 0 Å². The van der Waals surface area contributed by atoms with Crippen molar-refractivity contribution in [3.05, 3.63) is 23.8 Å². The number of rotatable bonds is 6. The van der Waals surface area contributed by atoms with Crippen molar-refractivity contribution in [1.82, 2.24) is 0 Å². The molecule has 116 valence electrons. The molecule has 0 aliphatic heterocycles. The van der Waals surface area contributed by atoms with E-state index in [4.69, 9.17) is 0 Å². The summed E-state index contributed by atoms with van der Waals surface area (Å²) in [7, 11) is 0. The molecule has 0 heterocycles. The van der Waals surface area contributed by atoms with Crippen LogP contribution in [0.1, 0.15) is 80.1 Å². The standard InChI is InChI=1S/C20H36/c1-7-16(2)10-8-11-17(3)13-14-19-18(4)12-9-15-20(19,5)6/h7-8,10,17-19H,9,11-15H2,1-6H3/b10-8+,16-7+. The molecule has 0 heteroatoms. The molecular weight excluding hydrogens is 240 g/mol. The van der Waals surface area contributed by atoms with Gasteiger partial charge in [-0.3, -0.25) is 0 Å². The Kier molecular flexibility index (Phi) is 7.06. The van der Waals surface area contributed by atoms with Gasteiger partial charge in [0.1, 0.15) is 0 Å². The summed E-state index contributed by atoms with van der Waals surface area (Å²) in [5, 5.41) is 0. The van der Waals surface area contributed by atoms with Crippen LogP contribution in [0.25, 0.3) is 0 Å². The van der Waals surface area contributed by atoms with E-state index in [9.17, 15) is 0 Å². The summed E-state index contributed by atoms with van der Waals surface area (Å²) >= 11 is 0. The molecule has 0 saturated heterocycles. The molecule has 0 spiro atoms. The van der Waals surface area contributed by atoms with Gasteiger partial charge in [-0.05, 0) is 56.3 Å². The normalized spacial score (nSPS) is 28.8. The zero-order valence-electron chi connectivity index (χ0n) is 14.7. The quantitative estimate of drug-likeness (QED) is 0.469. The van der Waals surface area contributed by atoms with Crippen LogP contribution in [-0.2, 0) is 0 Å². The molecule has 1 aliphatic rings. The van der Waals surface area contributed by atoms with Gasteiger partial charge in [-0.1, -0.05) is 70.8 Å². The Bertz CT molecular complexity index is 332. The highest BCUT2D eigenvalue weighted by molar-refractivity contribution is 5.14. The maximum absolute atomic E-state index is 2.49. The van der Waals surface area contributed by atoms with Crippen molar-refractivity contribution in [3.63, 3.8) is 0 Å². The lowest BCUT2D eigenvalue weighted by Crippen LogP contribution is -2.33. The molecular formula is C20H36. The fraction of sp³-hybridized carbons (Fsp3) is 0.800. The van der Waals surface area contributed by atoms with E-state index < -0.39 is 0 Å². The third kappa shape index (κ3) is 5.46. The molecule has 3 atom stereocenters. The first kappa shape index (κ1) is 17.5. The van der Waals surface area contributed by atoms with Gasteiger partial charge in [0.25, 0.3) is 0 Å². The van der Waals surface area contributed by atoms with Crippen molar-refractivity contribution in [1.29, 1.82) is 0 Å². The smallest absolute Gasteiger partial charge is 0.0322 e. The molecule has 0 bridgehead atoms. The summed E-state index contributed by atoms with van der Waals surface area (Å²) in [4.78, 5) is 0. The Balaban J connectivity index is 2.39. The maximum atomic E-state index is 2.49. The first-order chi connectivity index (χ1) is 9.36. The minimum absolute atomic E-state index is 0.564. The van der Waals surface area contributed by atoms with Crippen LogP contribution in [0, 0.1) is 23.2 Å². The van der Waals surface area contributed by atoms with Gasteiger partial charge in [0.05, 0.1) is 0 Å². The van der Waals surface area contributed by atoms with Gasteiger partial charge in [0, 0.05) is 0 Å². The monoisotopic (exact) mass is 276 g/mol. The van der Waals surface area contributed by atoms with Crippen LogP contribution in [-0.4, -0.2) is 0 Å². The van der Waals surface area contributed by atoms with Crippen molar-refractivity contribution in [2.75, 3.05) is 0 Å². The molecule has 0 radical (unpaired) electrons. The van der Waals surface area contributed by atoms with Gasteiger partial charge in [-0.15, -0.1) is 0 Å². The fourth-order valence-corrected chi connectivity index (χ4v) is 3.88. The molecule has 0 nitrogen and oxygen atoms in total. The van der Waals surface area contributed by atoms with Crippen LogP contribution in [0.5, 0.6) is 0 Å². The first-order valence-corrected chi connectivity index (χ1v) is 8.66. The van der Waals surface area contributed by atoms with Crippen molar-refractivity contribution in [2.24, 2.45) is 23.2 Å². The second-order valence-electron chi connectivity index (χ2n) is 7.82. The Morgan fingerprint density at radius 1 is 1.35 bits per heavy atom. The Labute approximate surface area is 127 Å². The minimum atomic E-state index is 0.564. The molecule has 0 N–H and O–H groups in total. The van der Waals surface area contributed by atoms with E-state index in [1.54, 1.807) is 0 Å². The lowest BCUT2D eigenvalue weighted by Gasteiger charge is -2.43. The van der Waals surface area contributed by atoms with Crippen LogP contribution < -0.4 is 0 Å². The van der Waals surface area contributed by atoms with E-state index >= 15 is 0 Å². The summed E-state index contributed by atoms with van der Waals surface area (Å²) in [6.45, 7) is 14.2. The first-order valence-electron chi connectivity index (χ1n) is 8.66. The van der Waals surface area contributed by atoms with Crippen molar-refractivity contribution in [2.45, 2.75) is 80.1 Å². The van der Waals surface area contributed by atoms with Gasteiger partial charge in [-0.2, -0.15) is 0 Å². The summed E-state index contributed by atoms with van der Waals surface area (Å²) in [6.07, 6.45) is 15.1. The Morgan fingerprint density at radius 3 is 2.65 bits per heavy atom. The summed E-state index contributed by atoms with van der Waals surface area (Å²) in [5.74, 6) is 2.67. The average Bonchev–Trinajstić information content (AvgIpc) is 2.37. The largest absolute Gasteiger partial charge is 0.0847 e. The van der Waals surface area contributed by atoms with Crippen LogP contribution >= 0.6 is 0 Å². The summed E-state index contributed by atoms with van der Waals surface area (Å²) in [5.41, 5.74) is 1.94. The van der Waals surface area contributed by atoms with E-state index in [1.807, 2.05) is 0 Å². The van der Waals surface area contributed by atoms with Crippen LogP contribution in [0.3, 0.4) is 0 Å². The summed E-state index contributed by atoms with van der Waals surface area (Å²) in [6, 6.07) is 0. The van der Waals surface area contributed by atoms with E-state index in [0.717, 1.165) is 17.8 Å². The molecule has 0 aromatic rings. The lowest BCUT2D eigenvalue weighted by molar-refractivity contribution is 0.0712. The summed E-state index contributed by atoms with van der Waals surface area (Å²) < 4.78 is 0. The van der Waals surface area contributed by atoms with E-state index in [2.05, 4.69) is 59.8 Å². The van der Waals surface area contributed by atoms with E-state index in [0.29, 0.717) is 5.41 Å². The SMILES string of the molecule is C/C=C(C)/C=C/CC(C)CCC1C(C)CCCC1(C)C. The molecule has 20 heavy (non-hydrogen) atoms. The van der Waals surface area contributed by atoms with Gasteiger partial charge in [0.15, 0.2) is 0 Å². The topological polar surface area (TPSA) is 0 Å². The zero-order chi connectivity index (χ0) is 15.2. The minimum Gasteiger partial charge on any atom is -0.0847 e. The molecule has 1 rings (SSSR count). The van der Waals surface area contributed by atoms with Crippen molar-refractivity contribution >= 4 is 0 Å². The molecule has 1 saturated carbocycles. The van der Waals surface area contributed by atoms with Crippen LogP contribution in [0.15, 0.2) is 23.8 Å². The molecule has 0 aromatic carbocycles. The third-order valence-corrected chi connectivity index (χ3v) is 5.52. The van der Waals surface area contributed by atoms with Gasteiger partial charge >= 0.3 is 0 Å². The van der Waals surface area contributed by atoms with Crippen molar-refractivity contribution < 1.29 is 0 Å². The molecule has 3 unspecified atom stereocenters. The molecule has 1 fully saturated rings. The number of allylic oxidation sites excluding steroid dienone is 4. The fourth-order valence-electron chi connectivity index (χ4n) is 3.88. The highest BCUT2D eigenvalue weighted by Crippen LogP contribution is 2.46. The molecule has 1 aliphatic carbocycles. The number of hydrogen-bond acceptors (Lipinski definition) is 0. The van der Waals surface area contributed by atoms with Gasteiger partial charge in [0.2, 0.25) is 0 Å². The highest BCUT2D eigenvalue weighted by atomic mass is 14.4. The van der Waals surface area contributed by atoms with E-state index in [-0.39, 0.29) is 0 Å². The average molecular weight is 277 g/mol. The van der Waals surface area contributed by atoms with Gasteiger partial charge in [-0.25, -0.2) is 0 Å².